The highest BCUT2D eigenvalue weighted by Crippen LogP contribution is 2.23. The molecule has 5 heteroatoms. The van der Waals surface area contributed by atoms with Crippen LogP contribution in [0.2, 0.25) is 0 Å². The van der Waals surface area contributed by atoms with Gasteiger partial charge in [0.2, 0.25) is 5.91 Å². The molecule has 3 atom stereocenters. The Kier molecular flexibility index (Phi) is 6.10. The Labute approximate surface area is 114 Å². The fourth-order valence-corrected chi connectivity index (χ4v) is 3.68. The number of carbonyl (C=O) groups excluding carboxylic acids is 1. The van der Waals surface area contributed by atoms with E-state index in [2.05, 4.69) is 24.1 Å². The Morgan fingerprint density at radius 2 is 2.24 bits per heavy atom. The zero-order valence-electron chi connectivity index (χ0n) is 10.6. The molecule has 1 amide bonds. The number of hydrogen-bond donors (Lipinski definition) is 1. The summed E-state index contributed by atoms with van der Waals surface area (Å²) in [6.07, 6.45) is 1.85. The molecular formula is C12H23ClN2OS. The highest BCUT2D eigenvalue weighted by Gasteiger charge is 2.31. The fourth-order valence-electron chi connectivity index (χ4n) is 2.73. The van der Waals surface area contributed by atoms with Crippen LogP contribution in [0.5, 0.6) is 0 Å². The molecule has 0 aliphatic carbocycles. The Bertz CT molecular complexity index is 259. The summed E-state index contributed by atoms with van der Waals surface area (Å²) in [6.45, 7) is 6.41. The van der Waals surface area contributed by atoms with Crippen LogP contribution in [-0.2, 0) is 4.79 Å². The van der Waals surface area contributed by atoms with Crippen molar-refractivity contribution in [2.24, 2.45) is 5.92 Å². The summed E-state index contributed by atoms with van der Waals surface area (Å²) in [7, 11) is 0. The third-order valence-electron chi connectivity index (χ3n) is 3.52. The lowest BCUT2D eigenvalue weighted by atomic mass is 10.1. The van der Waals surface area contributed by atoms with E-state index in [9.17, 15) is 4.79 Å². The van der Waals surface area contributed by atoms with Crippen LogP contribution in [0.25, 0.3) is 0 Å². The largest absolute Gasteiger partial charge is 0.340 e. The molecule has 2 aliphatic rings. The van der Waals surface area contributed by atoms with Crippen molar-refractivity contribution in [2.75, 3.05) is 24.6 Å². The number of carbonyl (C=O) groups is 1. The van der Waals surface area contributed by atoms with Crippen LogP contribution in [-0.4, -0.2) is 47.5 Å². The van der Waals surface area contributed by atoms with Gasteiger partial charge in [0.25, 0.3) is 0 Å². The molecule has 2 aliphatic heterocycles. The van der Waals surface area contributed by atoms with E-state index in [1.54, 1.807) is 0 Å². The van der Waals surface area contributed by atoms with Gasteiger partial charge in [-0.15, -0.1) is 12.4 Å². The molecule has 0 spiro atoms. The number of halogens is 1. The van der Waals surface area contributed by atoms with E-state index < -0.39 is 0 Å². The zero-order valence-corrected chi connectivity index (χ0v) is 12.3. The second kappa shape index (κ2) is 6.86. The molecule has 2 rings (SSSR count). The summed E-state index contributed by atoms with van der Waals surface area (Å²) >= 11 is 1.96. The molecule has 1 N–H and O–H groups in total. The van der Waals surface area contributed by atoms with Crippen LogP contribution in [0.1, 0.15) is 26.7 Å². The van der Waals surface area contributed by atoms with E-state index in [1.807, 2.05) is 11.8 Å². The molecule has 2 heterocycles. The van der Waals surface area contributed by atoms with Crippen molar-refractivity contribution in [3.8, 4) is 0 Å². The van der Waals surface area contributed by atoms with Crippen molar-refractivity contribution in [3.05, 3.63) is 0 Å². The van der Waals surface area contributed by atoms with Crippen molar-refractivity contribution < 1.29 is 4.79 Å². The zero-order chi connectivity index (χ0) is 11.5. The SMILES string of the molecule is CC1CC(C)N(C(=O)CC2CSCCN2)C1.Cl. The maximum Gasteiger partial charge on any atom is 0.224 e. The lowest BCUT2D eigenvalue weighted by Gasteiger charge is -2.27. The first kappa shape index (κ1) is 15.1. The smallest absolute Gasteiger partial charge is 0.224 e. The summed E-state index contributed by atoms with van der Waals surface area (Å²) in [6, 6.07) is 0.841. The summed E-state index contributed by atoms with van der Waals surface area (Å²) in [5, 5.41) is 3.43. The maximum atomic E-state index is 12.1. The van der Waals surface area contributed by atoms with Crippen molar-refractivity contribution in [3.63, 3.8) is 0 Å². The highest BCUT2D eigenvalue weighted by molar-refractivity contribution is 7.99. The van der Waals surface area contributed by atoms with Crippen LogP contribution in [0.15, 0.2) is 0 Å². The molecule has 0 radical (unpaired) electrons. The third-order valence-corrected chi connectivity index (χ3v) is 4.65. The van der Waals surface area contributed by atoms with E-state index in [0.717, 1.165) is 18.8 Å². The number of rotatable bonds is 2. The average Bonchev–Trinajstić information content (AvgIpc) is 2.59. The minimum Gasteiger partial charge on any atom is -0.340 e. The number of likely N-dealkylation sites (tertiary alicyclic amines) is 1. The summed E-state index contributed by atoms with van der Waals surface area (Å²) in [5.74, 6) is 3.29. The van der Waals surface area contributed by atoms with Gasteiger partial charge in [0, 0.05) is 43.1 Å². The summed E-state index contributed by atoms with van der Waals surface area (Å²) < 4.78 is 0. The molecule has 0 aromatic rings. The van der Waals surface area contributed by atoms with Gasteiger partial charge >= 0.3 is 0 Å². The van der Waals surface area contributed by atoms with Crippen LogP contribution >= 0.6 is 24.2 Å². The molecular weight excluding hydrogens is 256 g/mol. The topological polar surface area (TPSA) is 32.3 Å². The fraction of sp³-hybridized carbons (Fsp3) is 0.917. The molecule has 2 saturated heterocycles. The van der Waals surface area contributed by atoms with Crippen LogP contribution in [0.4, 0.5) is 0 Å². The molecule has 0 saturated carbocycles. The van der Waals surface area contributed by atoms with E-state index in [-0.39, 0.29) is 12.4 Å². The Balaban J connectivity index is 0.00000144. The van der Waals surface area contributed by atoms with Gasteiger partial charge in [-0.05, 0) is 19.3 Å². The van der Waals surface area contributed by atoms with E-state index >= 15 is 0 Å². The monoisotopic (exact) mass is 278 g/mol. The van der Waals surface area contributed by atoms with E-state index in [0.29, 0.717) is 30.3 Å². The summed E-state index contributed by atoms with van der Waals surface area (Å²) in [5.41, 5.74) is 0. The second-order valence-corrected chi connectivity index (χ2v) is 6.32. The molecule has 100 valence electrons. The van der Waals surface area contributed by atoms with Gasteiger partial charge in [-0.1, -0.05) is 6.92 Å². The Hall–Kier alpha value is 0.0700. The van der Waals surface area contributed by atoms with Gasteiger partial charge in [-0.25, -0.2) is 0 Å². The number of amides is 1. The number of nitrogens with one attached hydrogen (secondary N) is 1. The molecule has 0 aromatic carbocycles. The van der Waals surface area contributed by atoms with E-state index in [4.69, 9.17) is 0 Å². The quantitative estimate of drug-likeness (QED) is 0.835. The first-order valence-electron chi connectivity index (χ1n) is 6.27. The average molecular weight is 279 g/mol. The van der Waals surface area contributed by atoms with E-state index in [1.165, 1.54) is 12.2 Å². The number of hydrogen-bond acceptors (Lipinski definition) is 3. The van der Waals surface area contributed by atoms with Crippen molar-refractivity contribution >= 4 is 30.1 Å². The third kappa shape index (κ3) is 4.04. The predicted octanol–water partition coefficient (Wildman–Crippen LogP) is 1.76. The van der Waals surface area contributed by atoms with Crippen LogP contribution in [0, 0.1) is 5.92 Å². The van der Waals surface area contributed by atoms with Gasteiger partial charge < -0.3 is 10.2 Å². The lowest BCUT2D eigenvalue weighted by Crippen LogP contribution is -2.43. The molecule has 17 heavy (non-hydrogen) atoms. The Morgan fingerprint density at radius 3 is 2.76 bits per heavy atom. The lowest BCUT2D eigenvalue weighted by molar-refractivity contribution is -0.132. The minimum atomic E-state index is 0. The van der Waals surface area contributed by atoms with Gasteiger partial charge in [0.05, 0.1) is 0 Å². The first-order valence-corrected chi connectivity index (χ1v) is 7.43. The van der Waals surface area contributed by atoms with Gasteiger partial charge in [-0.2, -0.15) is 11.8 Å². The van der Waals surface area contributed by atoms with Gasteiger partial charge in [-0.3, -0.25) is 4.79 Å². The number of nitrogens with zero attached hydrogens (tertiary/aromatic N) is 1. The molecule has 3 nitrogen and oxygen atoms in total. The second-order valence-electron chi connectivity index (χ2n) is 5.17. The van der Waals surface area contributed by atoms with Crippen molar-refractivity contribution in [1.29, 1.82) is 0 Å². The van der Waals surface area contributed by atoms with Crippen LogP contribution in [0.3, 0.4) is 0 Å². The maximum absolute atomic E-state index is 12.1. The van der Waals surface area contributed by atoms with Crippen molar-refractivity contribution in [2.45, 2.75) is 38.8 Å². The minimum absolute atomic E-state index is 0. The Morgan fingerprint density at radius 1 is 1.47 bits per heavy atom. The standard InChI is InChI=1S/C12H22N2OS.ClH/c1-9-5-10(2)14(7-9)12(15)6-11-8-16-4-3-13-11;/h9-11,13H,3-8H2,1-2H3;1H. The molecule has 0 aromatic heterocycles. The molecule has 2 fully saturated rings. The normalized spacial score (nSPS) is 33.3. The first-order chi connectivity index (χ1) is 7.66. The molecule has 3 unspecified atom stereocenters. The van der Waals surface area contributed by atoms with Crippen LogP contribution < -0.4 is 5.32 Å². The predicted molar refractivity (Wildman–Crippen MR) is 75.9 cm³/mol. The number of thioether (sulfide) groups is 1. The van der Waals surface area contributed by atoms with Crippen molar-refractivity contribution in [1.82, 2.24) is 10.2 Å². The highest BCUT2D eigenvalue weighted by atomic mass is 35.5. The van der Waals surface area contributed by atoms with Gasteiger partial charge in [0.1, 0.15) is 0 Å². The molecule has 0 bridgehead atoms. The summed E-state index contributed by atoms with van der Waals surface area (Å²) in [4.78, 5) is 14.2. The van der Waals surface area contributed by atoms with Gasteiger partial charge in [0.15, 0.2) is 0 Å².